The second-order valence-corrected chi connectivity index (χ2v) is 4.09. The molecule has 2 rings (SSSR count). The normalized spacial score (nSPS) is 42.0. The van der Waals surface area contributed by atoms with Gasteiger partial charge >= 0.3 is 0 Å². The Morgan fingerprint density at radius 3 is 2.21 bits per heavy atom. The van der Waals surface area contributed by atoms with Crippen molar-refractivity contribution in [3.05, 3.63) is 0 Å². The third-order valence-corrected chi connectivity index (χ3v) is 2.71. The quantitative estimate of drug-likeness (QED) is 0.671. The molecule has 0 amide bonds. The highest BCUT2D eigenvalue weighted by atomic mass is 16.6. The van der Waals surface area contributed by atoms with Crippen LogP contribution in [0.15, 0.2) is 0 Å². The summed E-state index contributed by atoms with van der Waals surface area (Å²) in [6.45, 7) is 5.28. The van der Waals surface area contributed by atoms with Crippen molar-refractivity contribution in [3.63, 3.8) is 0 Å². The second-order valence-electron chi connectivity index (χ2n) is 4.09. The lowest BCUT2D eigenvalue weighted by molar-refractivity contribution is -0.0629. The molecule has 2 saturated heterocycles. The number of rotatable bonds is 3. The summed E-state index contributed by atoms with van der Waals surface area (Å²) in [5.41, 5.74) is 0. The first kappa shape index (κ1) is 10.4. The molecule has 0 aromatic heterocycles. The summed E-state index contributed by atoms with van der Waals surface area (Å²) in [5, 5.41) is 0. The summed E-state index contributed by atoms with van der Waals surface area (Å²) in [7, 11) is 1.69. The fourth-order valence-electron chi connectivity index (χ4n) is 2.10. The summed E-state index contributed by atoms with van der Waals surface area (Å²) < 4.78 is 22.2. The predicted octanol–water partition coefficient (Wildman–Crippen LogP) is 0.593. The van der Waals surface area contributed by atoms with Crippen LogP contribution in [0.25, 0.3) is 0 Å². The van der Waals surface area contributed by atoms with E-state index in [0.29, 0.717) is 13.2 Å². The largest absolute Gasteiger partial charge is 0.376 e. The monoisotopic (exact) mass is 202 g/mol. The average Bonchev–Trinajstić information content (AvgIpc) is 2.67. The molecule has 0 radical (unpaired) electrons. The number of ether oxygens (including phenoxy) is 4. The smallest absolute Gasteiger partial charge is 0.115 e. The lowest BCUT2D eigenvalue weighted by Gasteiger charge is -2.18. The lowest BCUT2D eigenvalue weighted by atomic mass is 10.1. The third kappa shape index (κ3) is 1.80. The van der Waals surface area contributed by atoms with Crippen LogP contribution in [0.2, 0.25) is 0 Å². The van der Waals surface area contributed by atoms with Gasteiger partial charge in [-0.25, -0.2) is 0 Å². The fraction of sp³-hybridized carbons (Fsp3) is 1.00. The molecule has 0 unspecified atom stereocenters. The van der Waals surface area contributed by atoms with Gasteiger partial charge in [-0.1, -0.05) is 0 Å². The van der Waals surface area contributed by atoms with Crippen LogP contribution in [-0.4, -0.2) is 50.8 Å². The molecule has 14 heavy (non-hydrogen) atoms. The summed E-state index contributed by atoms with van der Waals surface area (Å²) in [4.78, 5) is 0. The first-order valence-electron chi connectivity index (χ1n) is 5.14. The second kappa shape index (κ2) is 4.14. The van der Waals surface area contributed by atoms with Crippen molar-refractivity contribution >= 4 is 0 Å². The number of hydrogen-bond donors (Lipinski definition) is 0. The van der Waals surface area contributed by atoms with Gasteiger partial charge in [0.05, 0.1) is 19.3 Å². The van der Waals surface area contributed by atoms with Crippen molar-refractivity contribution in [1.82, 2.24) is 0 Å². The van der Waals surface area contributed by atoms with Crippen molar-refractivity contribution in [2.24, 2.45) is 0 Å². The highest BCUT2D eigenvalue weighted by Crippen LogP contribution is 2.30. The van der Waals surface area contributed by atoms with Crippen LogP contribution in [0.5, 0.6) is 0 Å². The Morgan fingerprint density at radius 2 is 1.64 bits per heavy atom. The Hall–Kier alpha value is -0.160. The summed E-state index contributed by atoms with van der Waals surface area (Å²) >= 11 is 0. The number of fused-ring (bicyclic) bond motifs is 1. The molecule has 0 aliphatic carbocycles. The lowest BCUT2D eigenvalue weighted by Crippen LogP contribution is -2.34. The molecule has 0 aromatic carbocycles. The molecule has 0 N–H and O–H groups in total. The molecular weight excluding hydrogens is 184 g/mol. The number of hydrogen-bond acceptors (Lipinski definition) is 4. The van der Waals surface area contributed by atoms with Crippen molar-refractivity contribution in [2.75, 3.05) is 20.3 Å². The maximum Gasteiger partial charge on any atom is 0.115 e. The molecule has 4 nitrogen and oxygen atoms in total. The van der Waals surface area contributed by atoms with Gasteiger partial charge in [-0.3, -0.25) is 0 Å². The van der Waals surface area contributed by atoms with E-state index in [4.69, 9.17) is 18.9 Å². The predicted molar refractivity (Wildman–Crippen MR) is 50.3 cm³/mol. The number of methoxy groups -OCH3 is 1. The van der Waals surface area contributed by atoms with Gasteiger partial charge in [-0.2, -0.15) is 0 Å². The minimum atomic E-state index is 0.0577. The molecule has 4 heteroatoms. The molecule has 0 bridgehead atoms. The third-order valence-electron chi connectivity index (χ3n) is 2.71. The van der Waals surface area contributed by atoms with E-state index in [1.165, 1.54) is 0 Å². The SMILES string of the molecule is CO[C@H]1CO[C@@H]2[C@H]1OC[C@@H]2OC(C)C. The van der Waals surface area contributed by atoms with Crippen LogP contribution >= 0.6 is 0 Å². The summed E-state index contributed by atoms with van der Waals surface area (Å²) in [5.74, 6) is 0. The molecule has 4 atom stereocenters. The van der Waals surface area contributed by atoms with Crippen LogP contribution in [0.1, 0.15) is 13.8 Å². The van der Waals surface area contributed by atoms with Gasteiger partial charge in [0, 0.05) is 7.11 Å². The van der Waals surface area contributed by atoms with Gasteiger partial charge in [-0.05, 0) is 13.8 Å². The highest BCUT2D eigenvalue weighted by molar-refractivity contribution is 4.95. The van der Waals surface area contributed by atoms with Crippen molar-refractivity contribution in [3.8, 4) is 0 Å². The van der Waals surface area contributed by atoms with Crippen molar-refractivity contribution in [1.29, 1.82) is 0 Å². The van der Waals surface area contributed by atoms with E-state index in [-0.39, 0.29) is 30.5 Å². The van der Waals surface area contributed by atoms with E-state index in [1.54, 1.807) is 7.11 Å². The van der Waals surface area contributed by atoms with E-state index in [2.05, 4.69) is 0 Å². The van der Waals surface area contributed by atoms with Crippen LogP contribution in [-0.2, 0) is 18.9 Å². The molecule has 0 saturated carbocycles. The van der Waals surface area contributed by atoms with Crippen LogP contribution < -0.4 is 0 Å². The van der Waals surface area contributed by atoms with Gasteiger partial charge in [0.25, 0.3) is 0 Å². The zero-order chi connectivity index (χ0) is 10.1. The van der Waals surface area contributed by atoms with Gasteiger partial charge in [0.1, 0.15) is 24.4 Å². The first-order valence-corrected chi connectivity index (χ1v) is 5.14. The zero-order valence-electron chi connectivity index (χ0n) is 8.93. The Balaban J connectivity index is 1.94. The zero-order valence-corrected chi connectivity index (χ0v) is 8.93. The Bertz CT molecular complexity index is 195. The average molecular weight is 202 g/mol. The standard InChI is InChI=1S/C10H18O4/c1-6(2)14-8-5-13-9-7(11-3)4-12-10(8)9/h6-10H,4-5H2,1-3H3/t7-,8-,9-,10-/m0/s1. The topological polar surface area (TPSA) is 36.9 Å². The van der Waals surface area contributed by atoms with Crippen molar-refractivity contribution < 1.29 is 18.9 Å². The van der Waals surface area contributed by atoms with E-state index >= 15 is 0 Å². The fourth-order valence-corrected chi connectivity index (χ4v) is 2.10. The minimum absolute atomic E-state index is 0.0577. The van der Waals surface area contributed by atoms with E-state index < -0.39 is 0 Å². The molecule has 82 valence electrons. The van der Waals surface area contributed by atoms with Gasteiger partial charge in [0.2, 0.25) is 0 Å². The van der Waals surface area contributed by atoms with E-state index in [0.717, 1.165) is 0 Å². The maximum atomic E-state index is 5.71. The Morgan fingerprint density at radius 1 is 1.07 bits per heavy atom. The molecule has 2 heterocycles. The van der Waals surface area contributed by atoms with E-state index in [1.807, 2.05) is 13.8 Å². The minimum Gasteiger partial charge on any atom is -0.376 e. The molecule has 2 fully saturated rings. The Labute approximate surface area is 84.5 Å². The summed E-state index contributed by atoms with van der Waals surface area (Å²) in [6.07, 6.45) is 0.472. The van der Waals surface area contributed by atoms with Crippen LogP contribution in [0, 0.1) is 0 Å². The maximum absolute atomic E-state index is 5.71. The first-order chi connectivity index (χ1) is 6.72. The van der Waals surface area contributed by atoms with Gasteiger partial charge in [-0.15, -0.1) is 0 Å². The molecule has 2 aliphatic heterocycles. The molecule has 0 spiro atoms. The van der Waals surface area contributed by atoms with Gasteiger partial charge < -0.3 is 18.9 Å². The molecule has 2 aliphatic rings. The van der Waals surface area contributed by atoms with Crippen LogP contribution in [0.3, 0.4) is 0 Å². The van der Waals surface area contributed by atoms with E-state index in [9.17, 15) is 0 Å². The Kier molecular flexibility index (Phi) is 3.07. The van der Waals surface area contributed by atoms with Gasteiger partial charge in [0.15, 0.2) is 0 Å². The molecular formula is C10H18O4. The molecule has 0 aromatic rings. The highest BCUT2D eigenvalue weighted by Gasteiger charge is 2.48. The van der Waals surface area contributed by atoms with Crippen LogP contribution in [0.4, 0.5) is 0 Å². The summed E-state index contributed by atoms with van der Waals surface area (Å²) in [6, 6.07) is 0. The van der Waals surface area contributed by atoms with Crippen molar-refractivity contribution in [2.45, 2.75) is 44.4 Å².